The molecule has 4 amide bonds. The average Bonchev–Trinajstić information content (AvgIpc) is 3.37. The molecule has 2 fully saturated rings. The number of hydrogen-bond donors (Lipinski definition) is 3. The molecule has 2 aromatic heterocycles. The summed E-state index contributed by atoms with van der Waals surface area (Å²) in [5.74, 6) is -1.38. The monoisotopic (exact) mass is 454 g/mol. The molecule has 0 spiro atoms. The van der Waals surface area contributed by atoms with E-state index >= 15 is 0 Å². The Morgan fingerprint density at radius 1 is 1.19 bits per heavy atom. The first-order valence-electron chi connectivity index (χ1n) is 8.86. The van der Waals surface area contributed by atoms with Gasteiger partial charge in [0.25, 0.3) is 11.8 Å². The largest absolute Gasteiger partial charge is 0.451 e. The fourth-order valence-corrected chi connectivity index (χ4v) is 3.40. The number of nitrogens with one attached hydrogen (secondary N) is 2. The molecular weight excluding hydrogens is 436 g/mol. The fraction of sp³-hybridized carbons (Fsp3) is 0.312. The number of hydrazine groups is 1. The fourth-order valence-electron chi connectivity index (χ4n) is 3.01. The summed E-state index contributed by atoms with van der Waals surface area (Å²) in [6, 6.07) is 3.30. The standard InChI is InChI=1S/C11H13N5O8S.C5H5N/c17-9(7-4-23-5-12-7)13-14-10(18)8-2-1-6-3-15(8)11(19)16(6)24-25(20,21)22;1-2-4-6-5-3-1/h4-6,8H,1-3H2,(H,13,17)(H,14,18)(H,20,21,22);1-5H/t6-,8+;/m1./s1. The first-order valence-corrected chi connectivity index (χ1v) is 10.2. The van der Waals surface area contributed by atoms with Gasteiger partial charge in [-0.1, -0.05) is 6.07 Å². The summed E-state index contributed by atoms with van der Waals surface area (Å²) in [4.78, 5) is 44.5. The molecule has 4 rings (SSSR count). The minimum atomic E-state index is -4.86. The maximum Gasteiger partial charge on any atom is 0.418 e. The van der Waals surface area contributed by atoms with Crippen LogP contribution in [0.15, 0.2) is 47.7 Å². The zero-order valence-electron chi connectivity index (χ0n) is 15.8. The van der Waals surface area contributed by atoms with Gasteiger partial charge in [-0.15, -0.1) is 4.28 Å². The molecule has 2 aliphatic rings. The van der Waals surface area contributed by atoms with E-state index in [4.69, 9.17) is 4.55 Å². The van der Waals surface area contributed by atoms with E-state index in [2.05, 4.69) is 29.5 Å². The summed E-state index contributed by atoms with van der Waals surface area (Å²) in [6.07, 6.45) is 6.12. The summed E-state index contributed by atoms with van der Waals surface area (Å²) < 4.78 is 39.2. The normalized spacial score (nSPS) is 20.0. The van der Waals surface area contributed by atoms with Crippen molar-refractivity contribution in [1.29, 1.82) is 0 Å². The molecule has 0 aromatic carbocycles. The van der Waals surface area contributed by atoms with Crippen LogP contribution in [0.4, 0.5) is 4.79 Å². The first kappa shape index (κ1) is 22.1. The van der Waals surface area contributed by atoms with E-state index in [9.17, 15) is 22.8 Å². The number of aromatic nitrogens is 2. The van der Waals surface area contributed by atoms with Crippen molar-refractivity contribution in [3.05, 3.63) is 48.9 Å². The van der Waals surface area contributed by atoms with Gasteiger partial charge >= 0.3 is 16.4 Å². The molecule has 31 heavy (non-hydrogen) atoms. The number of hydrogen-bond acceptors (Lipinski definition) is 9. The van der Waals surface area contributed by atoms with Gasteiger partial charge in [-0.25, -0.2) is 9.78 Å². The highest BCUT2D eigenvalue weighted by molar-refractivity contribution is 7.80. The van der Waals surface area contributed by atoms with Crippen LogP contribution in [0.25, 0.3) is 0 Å². The third-order valence-corrected chi connectivity index (χ3v) is 4.68. The summed E-state index contributed by atoms with van der Waals surface area (Å²) >= 11 is 0. The van der Waals surface area contributed by atoms with Crippen molar-refractivity contribution in [3.63, 3.8) is 0 Å². The Morgan fingerprint density at radius 2 is 1.94 bits per heavy atom. The third-order valence-electron chi connectivity index (χ3n) is 4.33. The predicted octanol–water partition coefficient (Wildman–Crippen LogP) is -0.480. The van der Waals surface area contributed by atoms with Gasteiger partial charge in [-0.05, 0) is 25.0 Å². The molecule has 2 aromatic rings. The maximum atomic E-state index is 12.2. The van der Waals surface area contributed by atoms with Crippen molar-refractivity contribution < 1.29 is 36.1 Å². The average molecular weight is 454 g/mol. The number of rotatable bonds is 4. The van der Waals surface area contributed by atoms with Crippen molar-refractivity contribution in [2.75, 3.05) is 6.54 Å². The van der Waals surface area contributed by atoms with E-state index in [1.54, 1.807) is 12.4 Å². The number of amides is 4. The van der Waals surface area contributed by atoms with Crippen LogP contribution in [0.5, 0.6) is 0 Å². The molecule has 14 nitrogen and oxygen atoms in total. The Hall–Kier alpha value is -3.56. The lowest BCUT2D eigenvalue weighted by Gasteiger charge is -2.29. The molecule has 3 N–H and O–H groups in total. The number of carbonyl (C=O) groups excluding carboxylic acids is 3. The van der Waals surface area contributed by atoms with E-state index in [1.165, 1.54) is 0 Å². The van der Waals surface area contributed by atoms with Crippen LogP contribution in [0.3, 0.4) is 0 Å². The van der Waals surface area contributed by atoms with Gasteiger partial charge in [0.2, 0.25) is 0 Å². The Balaban J connectivity index is 0.000000391. The van der Waals surface area contributed by atoms with Crippen LogP contribution < -0.4 is 10.9 Å². The van der Waals surface area contributed by atoms with Gasteiger partial charge in [-0.3, -0.25) is 30.0 Å². The minimum Gasteiger partial charge on any atom is -0.451 e. The second-order valence-corrected chi connectivity index (χ2v) is 7.36. The Morgan fingerprint density at radius 3 is 2.48 bits per heavy atom. The van der Waals surface area contributed by atoms with Crippen molar-refractivity contribution >= 4 is 28.2 Å². The van der Waals surface area contributed by atoms with Crippen molar-refractivity contribution in [1.82, 2.24) is 30.8 Å². The molecule has 0 radical (unpaired) electrons. The van der Waals surface area contributed by atoms with Crippen LogP contribution in [0, 0.1) is 0 Å². The van der Waals surface area contributed by atoms with Crippen LogP contribution >= 0.6 is 0 Å². The number of piperidine rings is 1. The molecule has 166 valence electrons. The van der Waals surface area contributed by atoms with E-state index in [0.717, 1.165) is 17.6 Å². The number of oxazole rings is 1. The van der Waals surface area contributed by atoms with E-state index in [1.807, 2.05) is 18.2 Å². The molecule has 2 aliphatic heterocycles. The number of urea groups is 1. The van der Waals surface area contributed by atoms with Crippen LogP contribution in [0.1, 0.15) is 23.3 Å². The molecule has 2 bridgehead atoms. The minimum absolute atomic E-state index is 0.0453. The Kier molecular flexibility index (Phi) is 6.78. The SMILES string of the molecule is O=C(NNC(=O)[C@@H]1CC[C@@H]2CN1C(=O)N2OS(=O)(=O)O)c1cocn1.c1ccncc1. The summed E-state index contributed by atoms with van der Waals surface area (Å²) in [5.41, 5.74) is 4.24. The molecule has 4 heterocycles. The zero-order chi connectivity index (χ0) is 22.4. The predicted molar refractivity (Wildman–Crippen MR) is 99.7 cm³/mol. The first-order chi connectivity index (χ1) is 14.8. The highest BCUT2D eigenvalue weighted by atomic mass is 32.3. The lowest BCUT2D eigenvalue weighted by molar-refractivity contribution is -0.126. The summed E-state index contributed by atoms with van der Waals surface area (Å²) in [5, 5.41) is 0.524. The highest BCUT2D eigenvalue weighted by Crippen LogP contribution is 2.30. The molecule has 0 aliphatic carbocycles. The van der Waals surface area contributed by atoms with E-state index in [0.29, 0.717) is 5.06 Å². The van der Waals surface area contributed by atoms with Crippen LogP contribution in [0.2, 0.25) is 0 Å². The summed E-state index contributed by atoms with van der Waals surface area (Å²) in [7, 11) is -4.86. The van der Waals surface area contributed by atoms with Gasteiger partial charge in [-0.2, -0.15) is 13.5 Å². The molecular formula is C16H18N6O8S. The number of fused-ring (bicyclic) bond motifs is 2. The quantitative estimate of drug-likeness (QED) is 0.403. The van der Waals surface area contributed by atoms with Crippen molar-refractivity contribution in [3.8, 4) is 0 Å². The smallest absolute Gasteiger partial charge is 0.418 e. The molecule has 0 unspecified atom stereocenters. The zero-order valence-corrected chi connectivity index (χ0v) is 16.6. The van der Waals surface area contributed by atoms with Crippen LogP contribution in [-0.4, -0.2) is 69.4 Å². The van der Waals surface area contributed by atoms with Gasteiger partial charge in [0, 0.05) is 18.9 Å². The maximum absolute atomic E-state index is 12.2. The highest BCUT2D eigenvalue weighted by Gasteiger charge is 2.49. The Labute approximate surface area is 176 Å². The van der Waals surface area contributed by atoms with Crippen molar-refractivity contribution in [2.24, 2.45) is 0 Å². The topological polar surface area (TPSA) is 184 Å². The number of hydroxylamine groups is 2. The lowest BCUT2D eigenvalue weighted by atomic mass is 10.0. The third kappa shape index (κ3) is 5.74. The molecule has 2 atom stereocenters. The van der Waals surface area contributed by atoms with Crippen LogP contribution in [-0.2, 0) is 19.5 Å². The van der Waals surface area contributed by atoms with E-state index < -0.39 is 40.3 Å². The van der Waals surface area contributed by atoms with Gasteiger partial charge < -0.3 is 9.32 Å². The second kappa shape index (κ2) is 9.50. The summed E-state index contributed by atoms with van der Waals surface area (Å²) in [6.45, 7) is 0.0453. The van der Waals surface area contributed by atoms with Crippen molar-refractivity contribution in [2.45, 2.75) is 24.9 Å². The number of carbonyl (C=O) groups is 3. The molecule has 15 heteroatoms. The van der Waals surface area contributed by atoms with Gasteiger partial charge in [0.1, 0.15) is 12.3 Å². The lowest BCUT2D eigenvalue weighted by Crippen LogP contribution is -2.54. The number of nitrogens with zero attached hydrogens (tertiary/aromatic N) is 4. The number of pyridine rings is 1. The molecule has 0 saturated carbocycles. The van der Waals surface area contributed by atoms with E-state index in [-0.39, 0.29) is 25.1 Å². The van der Waals surface area contributed by atoms with Gasteiger partial charge in [0.15, 0.2) is 12.1 Å². The second-order valence-electron chi connectivity index (χ2n) is 6.35. The molecule has 2 saturated heterocycles. The Bertz CT molecular complexity index is 989. The van der Waals surface area contributed by atoms with Gasteiger partial charge in [0.05, 0.1) is 6.04 Å².